The van der Waals surface area contributed by atoms with Crippen molar-refractivity contribution in [1.82, 2.24) is 0 Å². The first kappa shape index (κ1) is 22.6. The normalized spacial score (nSPS) is 12.2. The monoisotopic (exact) mass is 418 g/mol. The Morgan fingerprint density at radius 1 is 1.17 bits per heavy atom. The molecule has 1 atom stereocenters. The highest BCUT2D eigenvalue weighted by atomic mass is 32.1. The van der Waals surface area contributed by atoms with Gasteiger partial charge in [-0.25, -0.2) is 4.79 Å². The molecular formula is C21H26N2O5S. The molecule has 1 amide bonds. The molecule has 1 aromatic heterocycles. The number of benzene rings is 1. The molecule has 7 nitrogen and oxygen atoms in total. The van der Waals surface area contributed by atoms with E-state index in [4.69, 9.17) is 10.5 Å². The Bertz CT molecular complexity index is 871. The molecule has 1 unspecified atom stereocenters. The van der Waals surface area contributed by atoms with E-state index in [9.17, 15) is 14.4 Å². The number of hydrogen-bond acceptors (Lipinski definition) is 7. The van der Waals surface area contributed by atoms with Gasteiger partial charge in [0.25, 0.3) is 0 Å². The number of methoxy groups -OCH3 is 1. The van der Waals surface area contributed by atoms with Crippen LogP contribution in [0.2, 0.25) is 0 Å². The summed E-state index contributed by atoms with van der Waals surface area (Å²) in [5.41, 5.74) is 6.45. The maximum Gasteiger partial charge on any atom is 0.341 e. The molecule has 1 heterocycles. The molecule has 2 rings (SSSR count). The van der Waals surface area contributed by atoms with Gasteiger partial charge in [0.1, 0.15) is 10.6 Å². The summed E-state index contributed by atoms with van der Waals surface area (Å²) in [5, 5.41) is 3.01. The van der Waals surface area contributed by atoms with E-state index < -0.39 is 29.5 Å². The molecule has 156 valence electrons. The summed E-state index contributed by atoms with van der Waals surface area (Å²) in [6.45, 7) is 5.25. The molecule has 0 saturated carbocycles. The largest absolute Gasteiger partial charge is 0.469 e. The molecule has 0 bridgehead atoms. The van der Waals surface area contributed by atoms with E-state index in [1.807, 2.05) is 30.3 Å². The second kappa shape index (κ2) is 9.67. The van der Waals surface area contributed by atoms with Crippen LogP contribution in [0.5, 0.6) is 0 Å². The summed E-state index contributed by atoms with van der Waals surface area (Å²) < 4.78 is 10.1. The number of rotatable bonds is 7. The van der Waals surface area contributed by atoms with Gasteiger partial charge in [-0.3, -0.25) is 9.59 Å². The molecule has 3 N–H and O–H groups in total. The highest BCUT2D eigenvalue weighted by molar-refractivity contribution is 7.16. The van der Waals surface area contributed by atoms with Crippen LogP contribution in [0.3, 0.4) is 0 Å². The minimum atomic E-state index is -0.796. The van der Waals surface area contributed by atoms with Crippen molar-refractivity contribution < 1.29 is 23.9 Å². The molecule has 0 aliphatic carbocycles. The molecule has 0 aliphatic rings. The van der Waals surface area contributed by atoms with Crippen molar-refractivity contribution in [3.63, 3.8) is 0 Å². The van der Waals surface area contributed by atoms with Crippen LogP contribution < -0.4 is 11.1 Å². The van der Waals surface area contributed by atoms with E-state index in [0.717, 1.165) is 16.9 Å². The van der Waals surface area contributed by atoms with Gasteiger partial charge in [-0.05, 0) is 38.8 Å². The molecule has 0 saturated heterocycles. The van der Waals surface area contributed by atoms with E-state index in [0.29, 0.717) is 16.3 Å². The Kier molecular flexibility index (Phi) is 7.53. The first-order chi connectivity index (χ1) is 13.6. The van der Waals surface area contributed by atoms with E-state index in [-0.39, 0.29) is 12.0 Å². The first-order valence-electron chi connectivity index (χ1n) is 9.12. The van der Waals surface area contributed by atoms with E-state index >= 15 is 0 Å². The fourth-order valence-corrected chi connectivity index (χ4v) is 3.52. The van der Waals surface area contributed by atoms with Crippen LogP contribution in [0.4, 0.5) is 5.00 Å². The Morgan fingerprint density at radius 3 is 2.41 bits per heavy atom. The second-order valence-corrected chi connectivity index (χ2v) is 8.63. The summed E-state index contributed by atoms with van der Waals surface area (Å²) in [7, 11) is 1.29. The fourth-order valence-electron chi connectivity index (χ4n) is 2.49. The zero-order chi connectivity index (χ0) is 21.6. The van der Waals surface area contributed by atoms with Gasteiger partial charge in [-0.1, -0.05) is 30.3 Å². The Hall–Kier alpha value is -2.71. The van der Waals surface area contributed by atoms with Crippen LogP contribution in [-0.2, 0) is 31.9 Å². The lowest BCUT2D eigenvalue weighted by Crippen LogP contribution is -2.37. The van der Waals surface area contributed by atoms with Crippen molar-refractivity contribution in [2.45, 2.75) is 45.3 Å². The molecule has 2 aromatic rings. The third-order valence-electron chi connectivity index (χ3n) is 3.82. The van der Waals surface area contributed by atoms with Crippen LogP contribution in [0.25, 0.3) is 0 Å². The maximum absolute atomic E-state index is 12.6. The Morgan fingerprint density at radius 2 is 1.83 bits per heavy atom. The summed E-state index contributed by atoms with van der Waals surface area (Å²) in [6.07, 6.45) is 0.345. The Balaban J connectivity index is 2.20. The van der Waals surface area contributed by atoms with E-state index in [1.165, 1.54) is 13.2 Å². The second-order valence-electron chi connectivity index (χ2n) is 7.50. The molecule has 0 fully saturated rings. The quantitative estimate of drug-likeness (QED) is 0.670. The number of anilines is 1. The maximum atomic E-state index is 12.6. The highest BCUT2D eigenvalue weighted by Crippen LogP contribution is 2.31. The van der Waals surface area contributed by atoms with E-state index in [2.05, 4.69) is 10.1 Å². The smallest absolute Gasteiger partial charge is 0.341 e. The van der Waals surface area contributed by atoms with Gasteiger partial charge in [0.15, 0.2) is 0 Å². The lowest BCUT2D eigenvalue weighted by Gasteiger charge is -2.19. The zero-order valence-electron chi connectivity index (χ0n) is 17.0. The summed E-state index contributed by atoms with van der Waals surface area (Å²) in [6, 6.07) is 10.1. The van der Waals surface area contributed by atoms with E-state index in [1.54, 1.807) is 20.8 Å². The molecular weight excluding hydrogens is 392 g/mol. The van der Waals surface area contributed by atoms with Crippen molar-refractivity contribution in [2.75, 3.05) is 12.4 Å². The number of carbonyl (C=O) groups excluding carboxylic acids is 3. The number of esters is 2. The fraction of sp³-hybridized carbons (Fsp3) is 0.381. The molecule has 0 radical (unpaired) electrons. The van der Waals surface area contributed by atoms with Crippen LogP contribution >= 0.6 is 11.3 Å². The number of thiophene rings is 1. The Labute approximate surface area is 174 Å². The van der Waals surface area contributed by atoms with Crippen molar-refractivity contribution >= 4 is 34.2 Å². The SMILES string of the molecule is COC(=O)Cc1cc(C(=O)OC(C)(C)C)c(NC(=O)C(N)Cc2ccccc2)s1. The molecule has 29 heavy (non-hydrogen) atoms. The van der Waals surface area contributed by atoms with Crippen molar-refractivity contribution in [3.05, 3.63) is 52.4 Å². The lowest BCUT2D eigenvalue weighted by atomic mass is 10.1. The van der Waals surface area contributed by atoms with Gasteiger partial charge in [-0.2, -0.15) is 0 Å². The molecule has 0 spiro atoms. The van der Waals surface area contributed by atoms with Crippen LogP contribution in [-0.4, -0.2) is 36.6 Å². The summed E-state index contributed by atoms with van der Waals surface area (Å²) in [5.74, 6) is -1.46. The molecule has 8 heteroatoms. The van der Waals surface area contributed by atoms with Gasteiger partial charge in [-0.15, -0.1) is 11.3 Å². The predicted molar refractivity (Wildman–Crippen MR) is 112 cm³/mol. The number of nitrogens with two attached hydrogens (primary N) is 1. The number of nitrogens with one attached hydrogen (secondary N) is 1. The summed E-state index contributed by atoms with van der Waals surface area (Å²) in [4.78, 5) is 37.3. The van der Waals surface area contributed by atoms with Gasteiger partial charge in [0.05, 0.1) is 25.1 Å². The van der Waals surface area contributed by atoms with Crippen molar-refractivity contribution in [3.8, 4) is 0 Å². The number of hydrogen-bond donors (Lipinski definition) is 2. The number of amides is 1. The highest BCUT2D eigenvalue weighted by Gasteiger charge is 2.25. The first-order valence-corrected chi connectivity index (χ1v) is 9.94. The summed E-state index contributed by atoms with van der Waals surface area (Å²) >= 11 is 1.12. The predicted octanol–water partition coefficient (Wildman–Crippen LogP) is 2.93. The van der Waals surface area contributed by atoms with Crippen LogP contribution in [0.1, 0.15) is 41.6 Å². The minimum Gasteiger partial charge on any atom is -0.469 e. The number of carbonyl (C=O) groups is 3. The van der Waals surface area contributed by atoms with Crippen LogP contribution in [0.15, 0.2) is 36.4 Å². The topological polar surface area (TPSA) is 108 Å². The standard InChI is InChI=1S/C21H26N2O5S/c1-21(2,3)28-20(26)15-11-14(12-17(24)27-4)29-19(15)23-18(25)16(22)10-13-8-6-5-7-9-13/h5-9,11,16H,10,12,22H2,1-4H3,(H,23,25). The van der Waals surface area contributed by atoms with Gasteiger partial charge in [0.2, 0.25) is 5.91 Å². The third kappa shape index (κ3) is 6.99. The lowest BCUT2D eigenvalue weighted by molar-refractivity contribution is -0.139. The third-order valence-corrected chi connectivity index (χ3v) is 4.87. The number of ether oxygens (including phenoxy) is 2. The van der Waals surface area contributed by atoms with Gasteiger partial charge in [0, 0.05) is 4.88 Å². The average Bonchev–Trinajstić information content (AvgIpc) is 3.03. The van der Waals surface area contributed by atoms with Gasteiger partial charge < -0.3 is 20.5 Å². The zero-order valence-corrected chi connectivity index (χ0v) is 17.8. The minimum absolute atomic E-state index is 0.0110. The van der Waals surface area contributed by atoms with Crippen molar-refractivity contribution in [2.24, 2.45) is 5.73 Å². The molecule has 1 aromatic carbocycles. The van der Waals surface area contributed by atoms with Crippen LogP contribution in [0, 0.1) is 0 Å². The van der Waals surface area contributed by atoms with Gasteiger partial charge >= 0.3 is 11.9 Å². The molecule has 0 aliphatic heterocycles. The average molecular weight is 419 g/mol. The van der Waals surface area contributed by atoms with Crippen molar-refractivity contribution in [1.29, 1.82) is 0 Å².